The molecule has 4 heteroatoms. The number of hydrogen-bond donors (Lipinski definition) is 2. The molecule has 0 aliphatic rings. The predicted octanol–water partition coefficient (Wildman–Crippen LogP) is 2.66. The quantitative estimate of drug-likeness (QED) is 0.654. The highest BCUT2D eigenvalue weighted by molar-refractivity contribution is 7.09. The third-order valence-electron chi connectivity index (χ3n) is 2.35. The molecule has 0 atom stereocenters. The van der Waals surface area contributed by atoms with Crippen molar-refractivity contribution in [3.05, 3.63) is 58.3 Å². The molecule has 0 fully saturated rings. The molecule has 3 nitrogen and oxygen atoms in total. The van der Waals surface area contributed by atoms with Gasteiger partial charge in [0.1, 0.15) is 0 Å². The third kappa shape index (κ3) is 3.75. The lowest BCUT2D eigenvalue weighted by atomic mass is 10.2. The first-order valence-corrected chi connectivity index (χ1v) is 6.46. The second-order valence-electron chi connectivity index (χ2n) is 3.80. The van der Waals surface area contributed by atoms with Crippen LogP contribution in [0.4, 0.5) is 5.69 Å². The van der Waals surface area contributed by atoms with Crippen LogP contribution in [-0.4, -0.2) is 5.91 Å². The van der Waals surface area contributed by atoms with Gasteiger partial charge in [-0.3, -0.25) is 4.79 Å². The second-order valence-corrected chi connectivity index (χ2v) is 4.83. The summed E-state index contributed by atoms with van der Waals surface area (Å²) in [4.78, 5) is 12.7. The van der Waals surface area contributed by atoms with Gasteiger partial charge in [-0.05, 0) is 35.2 Å². The van der Waals surface area contributed by atoms with Gasteiger partial charge < -0.3 is 11.1 Å². The van der Waals surface area contributed by atoms with E-state index in [2.05, 4.69) is 5.32 Å². The summed E-state index contributed by atoms with van der Waals surface area (Å²) in [7, 11) is 0. The number of hydrogen-bond acceptors (Lipinski definition) is 3. The van der Waals surface area contributed by atoms with E-state index in [4.69, 9.17) is 5.73 Å². The topological polar surface area (TPSA) is 55.1 Å². The number of benzene rings is 1. The molecule has 18 heavy (non-hydrogen) atoms. The van der Waals surface area contributed by atoms with Crippen molar-refractivity contribution < 1.29 is 4.79 Å². The Labute approximate surface area is 110 Å². The molecule has 2 aromatic rings. The first-order chi connectivity index (χ1) is 8.74. The van der Waals surface area contributed by atoms with Crippen LogP contribution in [-0.2, 0) is 11.3 Å². The number of carbonyl (C=O) groups excluding carboxylic acids is 1. The first kappa shape index (κ1) is 12.4. The van der Waals surface area contributed by atoms with Crippen LogP contribution in [0, 0.1) is 0 Å². The molecule has 0 aliphatic carbocycles. The van der Waals surface area contributed by atoms with Crippen LogP contribution in [0.25, 0.3) is 6.08 Å². The van der Waals surface area contributed by atoms with Crippen molar-refractivity contribution in [2.24, 2.45) is 0 Å². The van der Waals surface area contributed by atoms with Gasteiger partial charge in [0, 0.05) is 16.6 Å². The second kappa shape index (κ2) is 6.02. The van der Waals surface area contributed by atoms with Crippen molar-refractivity contribution in [1.29, 1.82) is 0 Å². The molecule has 1 aromatic carbocycles. The zero-order chi connectivity index (χ0) is 12.8. The van der Waals surface area contributed by atoms with Gasteiger partial charge in [0.05, 0.1) is 6.54 Å². The number of anilines is 1. The number of carbonyl (C=O) groups is 1. The minimum absolute atomic E-state index is 0.106. The average Bonchev–Trinajstić information content (AvgIpc) is 2.87. The molecule has 3 N–H and O–H groups in total. The maximum absolute atomic E-state index is 11.6. The Bertz CT molecular complexity index is 547. The van der Waals surface area contributed by atoms with Gasteiger partial charge >= 0.3 is 0 Å². The Morgan fingerprint density at radius 1 is 1.33 bits per heavy atom. The largest absolute Gasteiger partial charge is 0.399 e. The van der Waals surface area contributed by atoms with Crippen LogP contribution in [0.3, 0.4) is 0 Å². The first-order valence-electron chi connectivity index (χ1n) is 5.58. The van der Waals surface area contributed by atoms with Crippen LogP contribution < -0.4 is 11.1 Å². The molecule has 1 heterocycles. The van der Waals surface area contributed by atoms with Crippen LogP contribution in [0.2, 0.25) is 0 Å². The van der Waals surface area contributed by atoms with E-state index in [1.807, 2.05) is 41.8 Å². The molecule has 1 amide bonds. The van der Waals surface area contributed by atoms with Crippen molar-refractivity contribution in [2.75, 3.05) is 5.73 Å². The van der Waals surface area contributed by atoms with Gasteiger partial charge in [0.25, 0.3) is 0 Å². The van der Waals surface area contributed by atoms with Gasteiger partial charge in [-0.25, -0.2) is 0 Å². The number of nitrogens with one attached hydrogen (secondary N) is 1. The maximum Gasteiger partial charge on any atom is 0.244 e. The van der Waals surface area contributed by atoms with Crippen molar-refractivity contribution in [3.8, 4) is 0 Å². The molecule has 0 spiro atoms. The number of rotatable bonds is 4. The van der Waals surface area contributed by atoms with Gasteiger partial charge in [0.2, 0.25) is 5.91 Å². The lowest BCUT2D eigenvalue weighted by molar-refractivity contribution is -0.116. The third-order valence-corrected chi connectivity index (χ3v) is 3.23. The molecular formula is C14H14N2OS. The monoisotopic (exact) mass is 258 g/mol. The van der Waals surface area contributed by atoms with E-state index in [1.165, 1.54) is 6.08 Å². The number of amides is 1. The summed E-state index contributed by atoms with van der Waals surface area (Å²) in [6.45, 7) is 0.567. The lowest BCUT2D eigenvalue weighted by Gasteiger charge is -1.99. The fourth-order valence-electron chi connectivity index (χ4n) is 1.48. The van der Waals surface area contributed by atoms with Crippen LogP contribution in [0.15, 0.2) is 47.9 Å². The fourth-order valence-corrected chi connectivity index (χ4v) is 2.13. The molecule has 0 radical (unpaired) electrons. The Balaban J connectivity index is 1.87. The maximum atomic E-state index is 11.6. The SMILES string of the molecule is Nc1cccc(/C=C/C(=O)NCc2cccs2)c1. The summed E-state index contributed by atoms with van der Waals surface area (Å²) in [5, 5.41) is 4.81. The number of nitrogens with two attached hydrogens (primary N) is 1. The molecular weight excluding hydrogens is 244 g/mol. The van der Waals surface area contributed by atoms with Crippen molar-refractivity contribution in [1.82, 2.24) is 5.32 Å². The van der Waals surface area contributed by atoms with Crippen LogP contribution >= 0.6 is 11.3 Å². The average molecular weight is 258 g/mol. The van der Waals surface area contributed by atoms with E-state index < -0.39 is 0 Å². The normalized spacial score (nSPS) is 10.7. The summed E-state index contributed by atoms with van der Waals surface area (Å²) < 4.78 is 0. The van der Waals surface area contributed by atoms with E-state index >= 15 is 0 Å². The van der Waals surface area contributed by atoms with E-state index in [9.17, 15) is 4.79 Å². The lowest BCUT2D eigenvalue weighted by Crippen LogP contribution is -2.19. The Morgan fingerprint density at radius 2 is 2.22 bits per heavy atom. The van der Waals surface area contributed by atoms with Crippen LogP contribution in [0.5, 0.6) is 0 Å². The van der Waals surface area contributed by atoms with Gasteiger partial charge in [-0.15, -0.1) is 11.3 Å². The standard InChI is InChI=1S/C14H14N2OS/c15-12-4-1-3-11(9-12)6-7-14(17)16-10-13-5-2-8-18-13/h1-9H,10,15H2,(H,16,17)/b7-6+. The minimum atomic E-state index is -0.106. The van der Waals surface area contributed by atoms with Crippen molar-refractivity contribution in [3.63, 3.8) is 0 Å². The smallest absolute Gasteiger partial charge is 0.244 e. The molecule has 0 bridgehead atoms. The fraction of sp³-hybridized carbons (Fsp3) is 0.0714. The van der Waals surface area contributed by atoms with E-state index in [0.717, 1.165) is 10.4 Å². The summed E-state index contributed by atoms with van der Waals surface area (Å²) in [6, 6.07) is 11.4. The summed E-state index contributed by atoms with van der Waals surface area (Å²) in [5.41, 5.74) is 7.26. The summed E-state index contributed by atoms with van der Waals surface area (Å²) >= 11 is 1.63. The zero-order valence-corrected chi connectivity index (χ0v) is 10.6. The predicted molar refractivity (Wildman–Crippen MR) is 76.1 cm³/mol. The Kier molecular flexibility index (Phi) is 4.15. The van der Waals surface area contributed by atoms with Gasteiger partial charge in [-0.2, -0.15) is 0 Å². The molecule has 0 unspecified atom stereocenters. The van der Waals surface area contributed by atoms with E-state index in [0.29, 0.717) is 12.2 Å². The Morgan fingerprint density at radius 3 is 2.94 bits per heavy atom. The molecule has 0 saturated heterocycles. The minimum Gasteiger partial charge on any atom is -0.399 e. The molecule has 2 rings (SSSR count). The summed E-state index contributed by atoms with van der Waals surface area (Å²) in [6.07, 6.45) is 3.27. The van der Waals surface area contributed by atoms with Crippen molar-refractivity contribution >= 4 is 29.0 Å². The molecule has 0 aliphatic heterocycles. The van der Waals surface area contributed by atoms with Gasteiger partial charge in [-0.1, -0.05) is 18.2 Å². The van der Waals surface area contributed by atoms with E-state index in [-0.39, 0.29) is 5.91 Å². The Hall–Kier alpha value is -2.07. The van der Waals surface area contributed by atoms with E-state index in [1.54, 1.807) is 17.4 Å². The molecule has 92 valence electrons. The number of thiophene rings is 1. The summed E-state index contributed by atoms with van der Waals surface area (Å²) in [5.74, 6) is -0.106. The van der Waals surface area contributed by atoms with Crippen LogP contribution in [0.1, 0.15) is 10.4 Å². The molecule has 1 aromatic heterocycles. The highest BCUT2D eigenvalue weighted by atomic mass is 32.1. The number of nitrogen functional groups attached to an aromatic ring is 1. The highest BCUT2D eigenvalue weighted by Gasteiger charge is 1.97. The molecule has 0 saturated carbocycles. The van der Waals surface area contributed by atoms with Gasteiger partial charge in [0.15, 0.2) is 0 Å². The zero-order valence-electron chi connectivity index (χ0n) is 9.80. The van der Waals surface area contributed by atoms with Crippen molar-refractivity contribution in [2.45, 2.75) is 6.54 Å². The highest BCUT2D eigenvalue weighted by Crippen LogP contribution is 2.09.